The highest BCUT2D eigenvalue weighted by molar-refractivity contribution is 7.89. The van der Waals surface area contributed by atoms with E-state index in [0.29, 0.717) is 22.4 Å². The van der Waals surface area contributed by atoms with Crippen LogP contribution in [0, 0.1) is 6.92 Å². The Morgan fingerprint density at radius 2 is 1.38 bits per heavy atom. The van der Waals surface area contributed by atoms with Gasteiger partial charge in [-0.2, -0.15) is 4.31 Å². The first-order chi connectivity index (χ1) is 17.8. The van der Waals surface area contributed by atoms with Gasteiger partial charge in [0.15, 0.2) is 0 Å². The van der Waals surface area contributed by atoms with Crippen LogP contribution in [0.3, 0.4) is 0 Å². The minimum atomic E-state index is -3.88. The number of sulfonamides is 1. The average molecular weight is 510 g/mol. The first kappa shape index (κ1) is 24.6. The molecule has 0 amide bonds. The van der Waals surface area contributed by atoms with Crippen LogP contribution in [0.1, 0.15) is 24.4 Å². The average Bonchev–Trinajstić information content (AvgIpc) is 2.93. The second-order valence-electron chi connectivity index (χ2n) is 9.05. The highest BCUT2D eigenvalue weighted by Crippen LogP contribution is 2.28. The molecule has 0 aliphatic rings. The maximum absolute atomic E-state index is 13.6. The zero-order chi connectivity index (χ0) is 26.2. The van der Waals surface area contributed by atoms with Gasteiger partial charge in [0.05, 0.1) is 27.5 Å². The number of hydrogen-bond acceptors (Lipinski definition) is 4. The molecule has 37 heavy (non-hydrogen) atoms. The van der Waals surface area contributed by atoms with Gasteiger partial charge in [0.2, 0.25) is 10.0 Å². The van der Waals surface area contributed by atoms with E-state index in [-0.39, 0.29) is 10.5 Å². The summed E-state index contributed by atoms with van der Waals surface area (Å²) in [6, 6.07) is 30.5. The molecule has 7 heteroatoms. The van der Waals surface area contributed by atoms with Gasteiger partial charge in [0.25, 0.3) is 5.56 Å². The fourth-order valence-electron chi connectivity index (χ4n) is 4.36. The Morgan fingerprint density at radius 1 is 0.784 bits per heavy atom. The van der Waals surface area contributed by atoms with Gasteiger partial charge in [-0.05, 0) is 61.4 Å². The highest BCUT2D eigenvalue weighted by Gasteiger charge is 2.30. The van der Waals surface area contributed by atoms with Crippen molar-refractivity contribution in [3.8, 4) is 16.8 Å². The second kappa shape index (κ2) is 9.76. The fourth-order valence-corrected chi connectivity index (χ4v) is 5.68. The summed E-state index contributed by atoms with van der Waals surface area (Å²) in [5.74, 6) is 0.347. The number of aromatic nitrogens is 2. The second-order valence-corrected chi connectivity index (χ2v) is 11.0. The molecular formula is C30H27N3O3S. The van der Waals surface area contributed by atoms with Crippen LogP contribution < -0.4 is 5.56 Å². The molecule has 0 radical (unpaired) electrons. The van der Waals surface area contributed by atoms with Gasteiger partial charge >= 0.3 is 0 Å². The standard InChI is InChI=1S/C30H27N3O3S/c1-21-13-17-25(18-14-21)33-29(31-28-12-8-7-11-27(28)30(33)34)22(2)32(3)37(35,36)26-19-15-24(16-20-26)23-9-5-4-6-10-23/h4-20,22H,1-3H3. The molecule has 0 N–H and O–H groups in total. The third kappa shape index (κ3) is 4.59. The predicted molar refractivity (Wildman–Crippen MR) is 147 cm³/mol. The number of benzene rings is 4. The fraction of sp³-hybridized carbons (Fsp3) is 0.133. The van der Waals surface area contributed by atoms with Gasteiger partial charge in [-0.25, -0.2) is 13.4 Å². The molecule has 0 fully saturated rings. The third-order valence-electron chi connectivity index (χ3n) is 6.65. The van der Waals surface area contributed by atoms with Crippen molar-refractivity contribution in [1.82, 2.24) is 13.9 Å². The Hall–Kier alpha value is -4.07. The van der Waals surface area contributed by atoms with Gasteiger partial charge in [-0.1, -0.05) is 72.3 Å². The summed E-state index contributed by atoms with van der Waals surface area (Å²) in [5, 5.41) is 0.473. The normalized spacial score (nSPS) is 12.6. The molecule has 0 saturated carbocycles. The SMILES string of the molecule is Cc1ccc(-n2c(C(C)N(C)S(=O)(=O)c3ccc(-c4ccccc4)cc3)nc3ccccc3c2=O)cc1. The van der Waals surface area contributed by atoms with Crippen LogP contribution in [-0.4, -0.2) is 29.3 Å². The molecule has 0 aliphatic heterocycles. The van der Waals surface area contributed by atoms with Crippen LogP contribution in [0.15, 0.2) is 113 Å². The lowest BCUT2D eigenvalue weighted by Crippen LogP contribution is -2.34. The van der Waals surface area contributed by atoms with Crippen LogP contribution in [0.25, 0.3) is 27.7 Å². The van der Waals surface area contributed by atoms with Crippen LogP contribution in [0.5, 0.6) is 0 Å². The van der Waals surface area contributed by atoms with E-state index in [1.54, 1.807) is 49.4 Å². The molecular weight excluding hydrogens is 482 g/mol. The third-order valence-corrected chi connectivity index (χ3v) is 8.59. The Balaban J connectivity index is 1.58. The Labute approximate surface area is 216 Å². The summed E-state index contributed by atoms with van der Waals surface area (Å²) >= 11 is 0. The van der Waals surface area contributed by atoms with Gasteiger partial charge in [0.1, 0.15) is 5.82 Å². The monoisotopic (exact) mass is 509 g/mol. The number of para-hydroxylation sites is 1. The van der Waals surface area contributed by atoms with E-state index >= 15 is 0 Å². The van der Waals surface area contributed by atoms with Crippen molar-refractivity contribution >= 4 is 20.9 Å². The molecule has 1 heterocycles. The number of fused-ring (bicyclic) bond motifs is 1. The number of hydrogen-bond donors (Lipinski definition) is 0. The summed E-state index contributed by atoms with van der Waals surface area (Å²) in [4.78, 5) is 18.6. The van der Waals surface area contributed by atoms with Crippen molar-refractivity contribution in [2.24, 2.45) is 0 Å². The van der Waals surface area contributed by atoms with Crippen molar-refractivity contribution in [3.05, 3.63) is 125 Å². The minimum Gasteiger partial charge on any atom is -0.268 e. The summed E-state index contributed by atoms with van der Waals surface area (Å²) in [6.45, 7) is 3.72. The summed E-state index contributed by atoms with van der Waals surface area (Å²) in [7, 11) is -2.36. The van der Waals surface area contributed by atoms with E-state index < -0.39 is 16.1 Å². The van der Waals surface area contributed by atoms with E-state index in [1.165, 1.54) is 15.9 Å². The lowest BCUT2D eigenvalue weighted by molar-refractivity contribution is 0.379. The maximum Gasteiger partial charge on any atom is 0.266 e. The smallest absolute Gasteiger partial charge is 0.266 e. The lowest BCUT2D eigenvalue weighted by Gasteiger charge is -2.26. The van der Waals surface area contributed by atoms with Gasteiger partial charge in [-0.15, -0.1) is 0 Å². The molecule has 0 spiro atoms. The van der Waals surface area contributed by atoms with Crippen LogP contribution in [0.2, 0.25) is 0 Å². The Bertz CT molecular complexity index is 1730. The van der Waals surface area contributed by atoms with Crippen molar-refractivity contribution in [2.45, 2.75) is 24.8 Å². The van der Waals surface area contributed by atoms with E-state index in [2.05, 4.69) is 0 Å². The van der Waals surface area contributed by atoms with Crippen molar-refractivity contribution < 1.29 is 8.42 Å². The number of rotatable bonds is 6. The zero-order valence-corrected chi connectivity index (χ0v) is 21.7. The first-order valence-electron chi connectivity index (χ1n) is 12.0. The van der Waals surface area contributed by atoms with Crippen molar-refractivity contribution in [1.29, 1.82) is 0 Å². The van der Waals surface area contributed by atoms with E-state index in [9.17, 15) is 13.2 Å². The van der Waals surface area contributed by atoms with Crippen LogP contribution >= 0.6 is 0 Å². The Morgan fingerprint density at radius 3 is 2.05 bits per heavy atom. The molecule has 4 aromatic carbocycles. The number of nitrogens with zero attached hydrogens (tertiary/aromatic N) is 3. The Kier molecular flexibility index (Phi) is 6.50. The largest absolute Gasteiger partial charge is 0.268 e. The molecule has 186 valence electrons. The molecule has 1 unspecified atom stereocenters. The molecule has 1 atom stereocenters. The molecule has 5 aromatic rings. The van der Waals surface area contributed by atoms with E-state index in [4.69, 9.17) is 4.98 Å². The van der Waals surface area contributed by atoms with Gasteiger partial charge in [0, 0.05) is 7.05 Å². The van der Waals surface area contributed by atoms with E-state index in [0.717, 1.165) is 16.7 Å². The van der Waals surface area contributed by atoms with Crippen LogP contribution in [-0.2, 0) is 10.0 Å². The van der Waals surface area contributed by atoms with Crippen molar-refractivity contribution in [3.63, 3.8) is 0 Å². The predicted octanol–water partition coefficient (Wildman–Crippen LogP) is 5.74. The van der Waals surface area contributed by atoms with E-state index in [1.807, 2.05) is 67.6 Å². The number of aryl methyl sites for hydroxylation is 1. The van der Waals surface area contributed by atoms with Gasteiger partial charge < -0.3 is 0 Å². The minimum absolute atomic E-state index is 0.173. The summed E-state index contributed by atoms with van der Waals surface area (Å²) in [5.41, 5.74) is 3.91. The highest BCUT2D eigenvalue weighted by atomic mass is 32.2. The zero-order valence-electron chi connectivity index (χ0n) is 20.9. The first-order valence-corrected chi connectivity index (χ1v) is 13.4. The van der Waals surface area contributed by atoms with Crippen molar-refractivity contribution in [2.75, 3.05) is 7.05 Å². The molecule has 0 saturated heterocycles. The summed E-state index contributed by atoms with van der Waals surface area (Å²) < 4.78 is 30.1. The maximum atomic E-state index is 13.6. The van der Waals surface area contributed by atoms with Gasteiger partial charge in [-0.3, -0.25) is 9.36 Å². The molecule has 0 bridgehead atoms. The van der Waals surface area contributed by atoms with Crippen LogP contribution in [0.4, 0.5) is 0 Å². The quantitative estimate of drug-likeness (QED) is 0.293. The lowest BCUT2D eigenvalue weighted by atomic mass is 10.1. The molecule has 5 rings (SSSR count). The molecule has 6 nitrogen and oxygen atoms in total. The molecule has 1 aromatic heterocycles. The topological polar surface area (TPSA) is 72.3 Å². The summed E-state index contributed by atoms with van der Waals surface area (Å²) in [6.07, 6.45) is 0. The molecule has 0 aliphatic carbocycles.